The summed E-state index contributed by atoms with van der Waals surface area (Å²) in [5.41, 5.74) is -0.843. The van der Waals surface area contributed by atoms with Gasteiger partial charge >= 0.3 is 5.97 Å². The molecule has 0 heterocycles. The Morgan fingerprint density at radius 2 is 2.00 bits per heavy atom. The molecule has 2 atom stereocenters. The summed E-state index contributed by atoms with van der Waals surface area (Å²) in [4.78, 5) is 14.0. The van der Waals surface area contributed by atoms with Crippen molar-refractivity contribution in [3.8, 4) is 0 Å². The van der Waals surface area contributed by atoms with Crippen molar-refractivity contribution in [3.05, 3.63) is 0 Å². The zero-order valence-electron chi connectivity index (χ0n) is 13.1. The first kappa shape index (κ1) is 16.4. The van der Waals surface area contributed by atoms with Crippen LogP contribution in [0.15, 0.2) is 0 Å². The molecule has 0 saturated heterocycles. The Balaban J connectivity index is 2.62. The van der Waals surface area contributed by atoms with Gasteiger partial charge in [0.25, 0.3) is 0 Å². The molecule has 0 aliphatic heterocycles. The molecule has 0 aromatic heterocycles. The third-order valence-electron chi connectivity index (χ3n) is 4.00. The van der Waals surface area contributed by atoms with Crippen LogP contribution in [0.4, 0.5) is 0 Å². The SMILES string of the molecule is CCN(CC1CC1)C(C)CC(C)(NC(C)C)C(=O)O. The second-order valence-corrected chi connectivity index (χ2v) is 6.52. The van der Waals surface area contributed by atoms with Crippen LogP contribution in [0.3, 0.4) is 0 Å². The van der Waals surface area contributed by atoms with E-state index < -0.39 is 11.5 Å². The molecule has 1 aliphatic rings. The van der Waals surface area contributed by atoms with Crippen molar-refractivity contribution in [2.24, 2.45) is 5.92 Å². The predicted molar refractivity (Wildman–Crippen MR) is 78.4 cm³/mol. The smallest absolute Gasteiger partial charge is 0.323 e. The number of rotatable bonds is 9. The number of carboxylic acid groups (broad SMARTS) is 1. The molecule has 0 spiro atoms. The molecule has 19 heavy (non-hydrogen) atoms. The molecule has 112 valence electrons. The number of hydrogen-bond donors (Lipinski definition) is 2. The van der Waals surface area contributed by atoms with Crippen LogP contribution in [-0.2, 0) is 4.79 Å². The highest BCUT2D eigenvalue weighted by molar-refractivity contribution is 5.78. The van der Waals surface area contributed by atoms with Crippen molar-refractivity contribution < 1.29 is 9.90 Å². The van der Waals surface area contributed by atoms with Gasteiger partial charge in [-0.05, 0) is 59.4 Å². The van der Waals surface area contributed by atoms with E-state index >= 15 is 0 Å². The summed E-state index contributed by atoms with van der Waals surface area (Å²) in [6.07, 6.45) is 3.31. The van der Waals surface area contributed by atoms with Crippen LogP contribution in [0.1, 0.15) is 53.9 Å². The molecule has 0 aromatic carbocycles. The van der Waals surface area contributed by atoms with Gasteiger partial charge < -0.3 is 10.0 Å². The van der Waals surface area contributed by atoms with Crippen LogP contribution in [0.2, 0.25) is 0 Å². The minimum atomic E-state index is -0.843. The van der Waals surface area contributed by atoms with E-state index in [2.05, 4.69) is 24.1 Å². The molecule has 1 saturated carbocycles. The Hall–Kier alpha value is -0.610. The standard InChI is InChI=1S/C15H30N2O2/c1-6-17(10-13-7-8-13)12(4)9-15(5,14(18)19)16-11(2)3/h11-13,16H,6-10H2,1-5H3,(H,18,19). The van der Waals surface area contributed by atoms with Gasteiger partial charge in [-0.25, -0.2) is 0 Å². The van der Waals surface area contributed by atoms with Gasteiger partial charge in [-0.1, -0.05) is 6.92 Å². The van der Waals surface area contributed by atoms with E-state index in [1.165, 1.54) is 12.8 Å². The normalized spacial score (nSPS) is 20.6. The van der Waals surface area contributed by atoms with Crippen molar-refractivity contribution >= 4 is 5.97 Å². The number of nitrogens with one attached hydrogen (secondary N) is 1. The second kappa shape index (κ2) is 6.71. The maximum absolute atomic E-state index is 11.6. The largest absolute Gasteiger partial charge is 0.480 e. The maximum Gasteiger partial charge on any atom is 0.323 e. The first-order chi connectivity index (χ1) is 8.78. The van der Waals surface area contributed by atoms with Gasteiger partial charge in [0.2, 0.25) is 0 Å². The molecular formula is C15H30N2O2. The highest BCUT2D eigenvalue weighted by Crippen LogP contribution is 2.31. The summed E-state index contributed by atoms with van der Waals surface area (Å²) in [7, 11) is 0. The molecule has 1 aliphatic carbocycles. The number of aliphatic carboxylic acids is 1. The van der Waals surface area contributed by atoms with Crippen LogP contribution in [0.5, 0.6) is 0 Å². The minimum Gasteiger partial charge on any atom is -0.480 e. The molecular weight excluding hydrogens is 240 g/mol. The summed E-state index contributed by atoms with van der Waals surface area (Å²) >= 11 is 0. The van der Waals surface area contributed by atoms with E-state index in [1.807, 2.05) is 13.8 Å². The molecule has 0 amide bonds. The predicted octanol–water partition coefficient (Wildman–Crippen LogP) is 2.34. The summed E-state index contributed by atoms with van der Waals surface area (Å²) < 4.78 is 0. The van der Waals surface area contributed by atoms with Gasteiger partial charge in [0.15, 0.2) is 0 Å². The average molecular weight is 270 g/mol. The fourth-order valence-corrected chi connectivity index (χ4v) is 2.82. The van der Waals surface area contributed by atoms with E-state index in [1.54, 1.807) is 6.92 Å². The molecule has 4 nitrogen and oxygen atoms in total. The maximum atomic E-state index is 11.6. The van der Waals surface area contributed by atoms with E-state index in [9.17, 15) is 9.90 Å². The monoisotopic (exact) mass is 270 g/mol. The van der Waals surface area contributed by atoms with E-state index in [0.717, 1.165) is 19.0 Å². The third kappa shape index (κ3) is 5.11. The Bertz CT molecular complexity index is 303. The zero-order chi connectivity index (χ0) is 14.6. The Kier molecular flexibility index (Phi) is 5.81. The topological polar surface area (TPSA) is 52.6 Å². The van der Waals surface area contributed by atoms with E-state index in [0.29, 0.717) is 6.42 Å². The summed E-state index contributed by atoms with van der Waals surface area (Å²) in [6.45, 7) is 12.2. The fourth-order valence-electron chi connectivity index (χ4n) is 2.82. The lowest BCUT2D eigenvalue weighted by molar-refractivity contribution is -0.145. The molecule has 0 aromatic rings. The van der Waals surface area contributed by atoms with E-state index in [4.69, 9.17) is 0 Å². The Morgan fingerprint density at radius 3 is 2.37 bits per heavy atom. The van der Waals surface area contributed by atoms with Gasteiger partial charge in [0.05, 0.1) is 0 Å². The number of carboxylic acids is 1. The third-order valence-corrected chi connectivity index (χ3v) is 4.00. The number of carbonyl (C=O) groups is 1. The fraction of sp³-hybridized carbons (Fsp3) is 0.933. The van der Waals surface area contributed by atoms with Crippen molar-refractivity contribution in [2.75, 3.05) is 13.1 Å². The number of hydrogen-bond acceptors (Lipinski definition) is 3. The van der Waals surface area contributed by atoms with Gasteiger partial charge in [0.1, 0.15) is 5.54 Å². The van der Waals surface area contributed by atoms with Gasteiger partial charge in [-0.3, -0.25) is 10.1 Å². The molecule has 0 bridgehead atoms. The zero-order valence-corrected chi connectivity index (χ0v) is 13.1. The first-order valence-electron chi connectivity index (χ1n) is 7.53. The first-order valence-corrected chi connectivity index (χ1v) is 7.53. The van der Waals surface area contributed by atoms with Crippen LogP contribution in [0, 0.1) is 5.92 Å². The second-order valence-electron chi connectivity index (χ2n) is 6.52. The molecule has 1 rings (SSSR count). The van der Waals surface area contributed by atoms with Crippen molar-refractivity contribution in [1.29, 1.82) is 0 Å². The van der Waals surface area contributed by atoms with E-state index in [-0.39, 0.29) is 12.1 Å². The van der Waals surface area contributed by atoms with Gasteiger partial charge in [0, 0.05) is 18.6 Å². The van der Waals surface area contributed by atoms with Gasteiger partial charge in [-0.2, -0.15) is 0 Å². The Morgan fingerprint density at radius 1 is 1.42 bits per heavy atom. The van der Waals surface area contributed by atoms with Crippen molar-refractivity contribution in [1.82, 2.24) is 10.2 Å². The lowest BCUT2D eigenvalue weighted by Crippen LogP contribution is -2.55. The molecule has 1 fully saturated rings. The van der Waals surface area contributed by atoms with Crippen molar-refractivity contribution in [2.45, 2.75) is 71.5 Å². The quantitative estimate of drug-likeness (QED) is 0.675. The minimum absolute atomic E-state index is 0.173. The highest BCUT2D eigenvalue weighted by Gasteiger charge is 2.37. The summed E-state index contributed by atoms with van der Waals surface area (Å²) in [5, 5.41) is 12.7. The van der Waals surface area contributed by atoms with Crippen LogP contribution in [0.25, 0.3) is 0 Å². The van der Waals surface area contributed by atoms with Crippen molar-refractivity contribution in [3.63, 3.8) is 0 Å². The summed E-state index contributed by atoms with van der Waals surface area (Å²) in [5.74, 6) is 0.0899. The molecule has 2 N–H and O–H groups in total. The Labute approximate surface area is 117 Å². The lowest BCUT2D eigenvalue weighted by atomic mass is 9.92. The van der Waals surface area contributed by atoms with Gasteiger partial charge in [-0.15, -0.1) is 0 Å². The highest BCUT2D eigenvalue weighted by atomic mass is 16.4. The van der Waals surface area contributed by atoms with Crippen LogP contribution < -0.4 is 5.32 Å². The molecule has 2 unspecified atom stereocenters. The average Bonchev–Trinajstić information content (AvgIpc) is 3.07. The lowest BCUT2D eigenvalue weighted by Gasteiger charge is -2.36. The van der Waals surface area contributed by atoms with Crippen LogP contribution in [-0.4, -0.2) is 46.7 Å². The summed E-state index contributed by atoms with van der Waals surface area (Å²) in [6, 6.07) is 0.463. The number of nitrogens with zero attached hydrogens (tertiary/aromatic N) is 1. The molecule has 4 heteroatoms. The van der Waals surface area contributed by atoms with Crippen LogP contribution >= 0.6 is 0 Å². The molecule has 0 radical (unpaired) electrons.